The molecule has 7 heteroatoms. The number of oxime groups is 1. The van der Waals surface area contributed by atoms with Crippen molar-refractivity contribution in [2.24, 2.45) is 5.16 Å². The van der Waals surface area contributed by atoms with Gasteiger partial charge in [0, 0.05) is 30.3 Å². The number of para-hydroxylation sites is 1. The summed E-state index contributed by atoms with van der Waals surface area (Å²) in [5.41, 5.74) is 3.47. The van der Waals surface area contributed by atoms with E-state index in [9.17, 15) is 4.79 Å². The van der Waals surface area contributed by atoms with Gasteiger partial charge in [0.25, 0.3) is 5.91 Å². The number of ether oxygens (including phenoxy) is 2. The number of rotatable bonds is 4. The van der Waals surface area contributed by atoms with Crippen LogP contribution in [0.3, 0.4) is 0 Å². The molecule has 1 amide bonds. The number of anilines is 1. The second kappa shape index (κ2) is 7.72. The third-order valence-electron chi connectivity index (χ3n) is 5.11. The standard InChI is InChI=1S/C21H21ClN2O4/c1-26-18-12-19(27-2)15(22)10-14(18)16-11-20(28-23-16)21(25)24-9-5-7-13-6-3-4-8-17(13)24/h3-4,6,8,10,12,20H,5,7,9,11H2,1-2H3/t20-/m1/s1. The summed E-state index contributed by atoms with van der Waals surface area (Å²) in [5.74, 6) is 1.00. The first-order valence-corrected chi connectivity index (χ1v) is 9.54. The zero-order valence-electron chi connectivity index (χ0n) is 15.8. The largest absolute Gasteiger partial charge is 0.496 e. The number of nitrogens with zero attached hydrogens (tertiary/aromatic N) is 2. The summed E-state index contributed by atoms with van der Waals surface area (Å²) >= 11 is 6.26. The molecule has 2 aliphatic rings. The molecule has 0 aliphatic carbocycles. The Labute approximate surface area is 168 Å². The fraction of sp³-hybridized carbons (Fsp3) is 0.333. The van der Waals surface area contributed by atoms with Crippen molar-refractivity contribution in [3.8, 4) is 11.5 Å². The van der Waals surface area contributed by atoms with Gasteiger partial charge in [-0.1, -0.05) is 35.0 Å². The number of methoxy groups -OCH3 is 2. The number of carbonyl (C=O) groups excluding carboxylic acids is 1. The molecule has 0 N–H and O–H groups in total. The fourth-order valence-corrected chi connectivity index (χ4v) is 3.93. The normalized spacial score (nSPS) is 18.2. The molecule has 2 aromatic rings. The molecule has 0 bridgehead atoms. The maximum atomic E-state index is 13.1. The molecule has 0 saturated heterocycles. The third-order valence-corrected chi connectivity index (χ3v) is 5.40. The van der Waals surface area contributed by atoms with E-state index < -0.39 is 6.10 Å². The van der Waals surface area contributed by atoms with Crippen LogP contribution in [0.1, 0.15) is 24.0 Å². The van der Waals surface area contributed by atoms with E-state index in [4.69, 9.17) is 25.9 Å². The Morgan fingerprint density at radius 2 is 2.00 bits per heavy atom. The molecule has 2 aliphatic heterocycles. The van der Waals surface area contributed by atoms with Crippen molar-refractivity contribution in [2.75, 3.05) is 25.7 Å². The number of halogens is 1. The van der Waals surface area contributed by atoms with E-state index in [0.29, 0.717) is 40.8 Å². The molecule has 0 radical (unpaired) electrons. The van der Waals surface area contributed by atoms with E-state index in [2.05, 4.69) is 11.2 Å². The SMILES string of the molecule is COc1cc(OC)c(C2=NO[C@@H](C(=O)N3CCCc4ccccc43)C2)cc1Cl. The molecular formula is C21H21ClN2O4. The van der Waals surface area contributed by atoms with E-state index in [0.717, 1.165) is 18.5 Å². The Morgan fingerprint density at radius 3 is 2.79 bits per heavy atom. The molecule has 0 unspecified atom stereocenters. The van der Waals surface area contributed by atoms with Gasteiger partial charge in [-0.05, 0) is 30.5 Å². The molecule has 1 atom stereocenters. The van der Waals surface area contributed by atoms with Crippen LogP contribution >= 0.6 is 11.6 Å². The van der Waals surface area contributed by atoms with Crippen LogP contribution in [-0.2, 0) is 16.1 Å². The number of fused-ring (bicyclic) bond motifs is 1. The lowest BCUT2D eigenvalue weighted by Crippen LogP contribution is -2.42. The number of carbonyl (C=O) groups is 1. The highest BCUT2D eigenvalue weighted by Gasteiger charge is 2.35. The number of hydrogen-bond acceptors (Lipinski definition) is 5. The van der Waals surface area contributed by atoms with Gasteiger partial charge in [-0.3, -0.25) is 4.79 Å². The maximum absolute atomic E-state index is 13.1. The van der Waals surface area contributed by atoms with E-state index in [-0.39, 0.29) is 5.91 Å². The lowest BCUT2D eigenvalue weighted by Gasteiger charge is -2.30. The van der Waals surface area contributed by atoms with Crippen LogP contribution in [0.25, 0.3) is 0 Å². The summed E-state index contributed by atoms with van der Waals surface area (Å²) in [4.78, 5) is 20.4. The monoisotopic (exact) mass is 400 g/mol. The predicted molar refractivity (Wildman–Crippen MR) is 108 cm³/mol. The number of amides is 1. The van der Waals surface area contributed by atoms with E-state index in [1.165, 1.54) is 5.56 Å². The summed E-state index contributed by atoms with van der Waals surface area (Å²) in [6.07, 6.45) is 1.61. The fourth-order valence-electron chi connectivity index (χ4n) is 3.69. The van der Waals surface area contributed by atoms with E-state index in [1.54, 1.807) is 31.3 Å². The Balaban J connectivity index is 1.55. The third kappa shape index (κ3) is 3.29. The number of hydrogen-bond donors (Lipinski definition) is 0. The molecule has 28 heavy (non-hydrogen) atoms. The molecule has 0 aromatic heterocycles. The minimum absolute atomic E-state index is 0.0792. The van der Waals surface area contributed by atoms with Gasteiger partial charge < -0.3 is 19.2 Å². The molecule has 4 rings (SSSR count). The molecule has 2 aromatic carbocycles. The quantitative estimate of drug-likeness (QED) is 0.782. The van der Waals surface area contributed by atoms with Crippen molar-refractivity contribution >= 4 is 28.9 Å². The van der Waals surface area contributed by atoms with Gasteiger partial charge in [0.15, 0.2) is 0 Å². The molecule has 0 saturated carbocycles. The minimum Gasteiger partial charge on any atom is -0.496 e. The van der Waals surface area contributed by atoms with Crippen LogP contribution < -0.4 is 14.4 Å². The average molecular weight is 401 g/mol. The summed E-state index contributed by atoms with van der Waals surface area (Å²) in [5, 5.41) is 4.60. The highest BCUT2D eigenvalue weighted by Crippen LogP contribution is 2.35. The zero-order valence-corrected chi connectivity index (χ0v) is 16.5. The Morgan fingerprint density at radius 1 is 1.21 bits per heavy atom. The minimum atomic E-state index is -0.660. The van der Waals surface area contributed by atoms with Crippen molar-refractivity contribution in [1.82, 2.24) is 0 Å². The van der Waals surface area contributed by atoms with Gasteiger partial charge in [-0.15, -0.1) is 0 Å². The lowest BCUT2D eigenvalue weighted by atomic mass is 9.99. The molecular weight excluding hydrogens is 380 g/mol. The van der Waals surface area contributed by atoms with Gasteiger partial charge >= 0.3 is 0 Å². The highest BCUT2D eigenvalue weighted by molar-refractivity contribution is 6.32. The van der Waals surface area contributed by atoms with Gasteiger partial charge in [0.1, 0.15) is 11.5 Å². The van der Waals surface area contributed by atoms with Crippen molar-refractivity contribution in [1.29, 1.82) is 0 Å². The summed E-state index contributed by atoms with van der Waals surface area (Å²) in [6, 6.07) is 11.4. The van der Waals surface area contributed by atoms with Crippen LogP contribution in [0.15, 0.2) is 41.6 Å². The lowest BCUT2D eigenvalue weighted by molar-refractivity contribution is -0.128. The zero-order chi connectivity index (χ0) is 19.7. The van der Waals surface area contributed by atoms with E-state index in [1.807, 2.05) is 18.2 Å². The smallest absolute Gasteiger partial charge is 0.271 e. The van der Waals surface area contributed by atoms with Gasteiger partial charge in [0.2, 0.25) is 6.10 Å². The average Bonchev–Trinajstić information content (AvgIpc) is 3.22. The van der Waals surface area contributed by atoms with Crippen molar-refractivity contribution < 1.29 is 19.1 Å². The van der Waals surface area contributed by atoms with Crippen LogP contribution in [-0.4, -0.2) is 38.5 Å². The highest BCUT2D eigenvalue weighted by atomic mass is 35.5. The Kier molecular flexibility index (Phi) is 5.13. The van der Waals surface area contributed by atoms with Crippen LogP contribution in [0.5, 0.6) is 11.5 Å². The Bertz CT molecular complexity index is 944. The number of benzene rings is 2. The van der Waals surface area contributed by atoms with Crippen molar-refractivity contribution in [3.63, 3.8) is 0 Å². The molecule has 2 heterocycles. The van der Waals surface area contributed by atoms with Crippen molar-refractivity contribution in [3.05, 3.63) is 52.5 Å². The van der Waals surface area contributed by atoms with E-state index >= 15 is 0 Å². The first kappa shape index (κ1) is 18.6. The van der Waals surface area contributed by atoms with Gasteiger partial charge in [-0.25, -0.2) is 0 Å². The molecule has 0 spiro atoms. The number of aryl methyl sites for hydroxylation is 1. The predicted octanol–water partition coefficient (Wildman–Crippen LogP) is 3.83. The van der Waals surface area contributed by atoms with Crippen LogP contribution in [0.4, 0.5) is 5.69 Å². The summed E-state index contributed by atoms with van der Waals surface area (Å²) in [6.45, 7) is 0.683. The van der Waals surface area contributed by atoms with Gasteiger partial charge in [0.05, 0.1) is 25.0 Å². The topological polar surface area (TPSA) is 60.4 Å². The van der Waals surface area contributed by atoms with Crippen LogP contribution in [0, 0.1) is 0 Å². The molecule has 6 nitrogen and oxygen atoms in total. The molecule has 0 fully saturated rings. The van der Waals surface area contributed by atoms with Crippen molar-refractivity contribution in [2.45, 2.75) is 25.4 Å². The van der Waals surface area contributed by atoms with Crippen LogP contribution in [0.2, 0.25) is 5.02 Å². The summed E-state index contributed by atoms with van der Waals surface area (Å²) in [7, 11) is 3.11. The maximum Gasteiger partial charge on any atom is 0.271 e. The second-order valence-electron chi connectivity index (χ2n) is 6.75. The summed E-state index contributed by atoms with van der Waals surface area (Å²) < 4.78 is 10.7. The first-order valence-electron chi connectivity index (χ1n) is 9.16. The van der Waals surface area contributed by atoms with Gasteiger partial charge in [-0.2, -0.15) is 0 Å². The first-order chi connectivity index (χ1) is 13.6. The molecule has 146 valence electrons. The Hall–Kier alpha value is -2.73. The second-order valence-corrected chi connectivity index (χ2v) is 7.15.